The summed E-state index contributed by atoms with van der Waals surface area (Å²) in [6.07, 6.45) is 4.24. The fourth-order valence-electron chi connectivity index (χ4n) is 3.92. The summed E-state index contributed by atoms with van der Waals surface area (Å²) in [4.78, 5) is 2.03. The number of benzene rings is 3. The van der Waals surface area contributed by atoms with Crippen LogP contribution in [-0.4, -0.2) is 25.3 Å². The van der Waals surface area contributed by atoms with Crippen molar-refractivity contribution >= 4 is 61.3 Å². The Morgan fingerprint density at radius 2 is 1.53 bits per heavy atom. The molecule has 7 heteroatoms. The van der Waals surface area contributed by atoms with Crippen molar-refractivity contribution in [2.24, 2.45) is 7.05 Å². The molecule has 0 spiro atoms. The molecule has 0 atom stereocenters. The average molecular weight is 741 g/mol. The van der Waals surface area contributed by atoms with Gasteiger partial charge in [-0.3, -0.25) is 0 Å². The molecule has 3 nitrogen and oxygen atoms in total. The number of pyridine rings is 1. The normalized spacial score (nSPS) is 10.9. The summed E-state index contributed by atoms with van der Waals surface area (Å²) in [5.41, 5.74) is 7.49. The predicted octanol–water partition coefficient (Wildman–Crippen LogP) is 4.63. The van der Waals surface area contributed by atoms with Gasteiger partial charge in [0, 0.05) is 62.6 Å². The second-order valence-corrected chi connectivity index (χ2v) is 10.6. The van der Waals surface area contributed by atoms with E-state index in [2.05, 4.69) is 116 Å². The van der Waals surface area contributed by atoms with Crippen LogP contribution in [0.25, 0.3) is 34.5 Å². The molecule has 0 amide bonds. The van der Waals surface area contributed by atoms with Crippen molar-refractivity contribution in [3.8, 4) is 22.4 Å². The lowest BCUT2D eigenvalue weighted by atomic mass is 10.0. The summed E-state index contributed by atoms with van der Waals surface area (Å²) in [5.74, 6) is 0. The Bertz CT molecular complexity index is 1360. The summed E-state index contributed by atoms with van der Waals surface area (Å²) in [5, 5.41) is 9.88. The van der Waals surface area contributed by atoms with Gasteiger partial charge in [0.2, 0.25) is 11.4 Å². The van der Waals surface area contributed by atoms with Crippen molar-refractivity contribution in [1.29, 1.82) is 0 Å². The molecule has 0 aliphatic heterocycles. The van der Waals surface area contributed by atoms with Crippen LogP contribution in [0.1, 0.15) is 11.3 Å². The van der Waals surface area contributed by atoms with Crippen molar-refractivity contribution in [3.63, 3.8) is 0 Å². The van der Waals surface area contributed by atoms with E-state index in [-0.39, 0.29) is 30.6 Å². The molecule has 186 valence electrons. The lowest BCUT2D eigenvalue weighted by molar-refractivity contribution is -0.662. The molecule has 0 fully saturated rings. The van der Waals surface area contributed by atoms with Crippen molar-refractivity contribution < 1.29 is 33.7 Å². The molecule has 4 aromatic rings. The minimum absolute atomic E-state index is 0. The quantitative estimate of drug-likeness (QED) is 0.221. The zero-order valence-electron chi connectivity index (χ0n) is 19.9. The monoisotopic (exact) mass is 738 g/mol. The van der Waals surface area contributed by atoms with E-state index in [0.29, 0.717) is 11.6 Å². The van der Waals surface area contributed by atoms with Gasteiger partial charge < -0.3 is 34.0 Å². The smallest absolute Gasteiger partial charge is 0.213 e. The average Bonchev–Trinajstić information content (AvgIpc) is 2.85. The number of likely N-dealkylation sites (N-methyl/N-ethyl adjacent to an activating group) is 1. The second kappa shape index (κ2) is 13.2. The van der Waals surface area contributed by atoms with Crippen LogP contribution in [0.3, 0.4) is 0 Å². The molecule has 1 heterocycles. The first-order valence-corrected chi connectivity index (χ1v) is 13.2. The molecule has 0 saturated heterocycles. The zero-order valence-corrected chi connectivity index (χ0v) is 26.0. The Kier molecular flexibility index (Phi) is 10.6. The van der Waals surface area contributed by atoms with Crippen molar-refractivity contribution in [1.82, 2.24) is 0 Å². The molecule has 0 radical (unpaired) electrons. The van der Waals surface area contributed by atoms with E-state index in [1.807, 2.05) is 30.1 Å². The molecular weight excluding hydrogens is 714 g/mol. The first-order chi connectivity index (χ1) is 16.9. The van der Waals surface area contributed by atoms with E-state index in [1.54, 1.807) is 0 Å². The molecule has 1 aromatic heterocycles. The van der Waals surface area contributed by atoms with Gasteiger partial charge in [0.15, 0.2) is 0 Å². The maximum absolute atomic E-state index is 9.17. The Labute approximate surface area is 251 Å². The van der Waals surface area contributed by atoms with Gasteiger partial charge >= 0.3 is 0 Å². The number of nitrogens with zero attached hydrogens (tertiary/aromatic N) is 2. The second-order valence-electron chi connectivity index (χ2n) is 8.31. The first kappa shape index (κ1) is 28.9. The van der Waals surface area contributed by atoms with Crippen LogP contribution in [0.15, 0.2) is 87.8 Å². The number of anilines is 1. The van der Waals surface area contributed by atoms with Gasteiger partial charge in [-0.25, -0.2) is 0 Å². The Morgan fingerprint density at radius 1 is 0.861 bits per heavy atom. The fourth-order valence-corrected chi connectivity index (χ4v) is 4.97. The topological polar surface area (TPSA) is 27.3 Å². The van der Waals surface area contributed by atoms with Crippen LogP contribution in [0, 0.1) is 0 Å². The molecule has 36 heavy (non-hydrogen) atoms. The molecule has 4 rings (SSSR count). The number of hydrogen-bond acceptors (Lipinski definition) is 2. The zero-order chi connectivity index (χ0) is 24.9. The molecule has 0 unspecified atom stereocenters. The first-order valence-electron chi connectivity index (χ1n) is 11.2. The Hall–Kier alpha value is -1.71. The number of hydrogen-bond donors (Lipinski definition) is 1. The van der Waals surface area contributed by atoms with E-state index in [9.17, 15) is 5.11 Å². The summed E-state index contributed by atoms with van der Waals surface area (Å²) in [7, 11) is 4.06. The number of aromatic nitrogens is 1. The fraction of sp³-hybridized carbons (Fsp3) is 0.138. The van der Waals surface area contributed by atoms with Gasteiger partial charge in [0.25, 0.3) is 0 Å². The number of aliphatic hydroxyl groups excluding tert-OH is 1. The highest BCUT2D eigenvalue weighted by atomic mass is 127. The van der Waals surface area contributed by atoms with Crippen molar-refractivity contribution in [3.05, 3.63) is 104 Å². The van der Waals surface area contributed by atoms with E-state index in [0.717, 1.165) is 48.3 Å². The number of rotatable bonds is 7. The standard InChI is InChI=1S/C29H26Br2ClN2O.HI/c1-33(15-16-35)25-11-3-20(4-12-25)5-13-26-17-22(27-14-10-24(31)19-28(27)32)18-29(34(26)2)21-6-8-23(30)9-7-21;/h3-14,17-19,35H,15-16H2,1-2H3;1H/q+1;/p-1. The van der Waals surface area contributed by atoms with Crippen LogP contribution in [0.5, 0.6) is 0 Å². The summed E-state index contributed by atoms with van der Waals surface area (Å²) >= 11 is 13.7. The van der Waals surface area contributed by atoms with Gasteiger partial charge in [-0.2, -0.15) is 4.57 Å². The summed E-state index contributed by atoms with van der Waals surface area (Å²) in [6.45, 7) is 0.739. The van der Waals surface area contributed by atoms with Gasteiger partial charge in [-0.1, -0.05) is 61.7 Å². The molecule has 0 aliphatic rings. The summed E-state index contributed by atoms with van der Waals surface area (Å²) < 4.78 is 4.19. The van der Waals surface area contributed by atoms with Gasteiger partial charge in [-0.05, 0) is 65.7 Å². The highest BCUT2D eigenvalue weighted by Gasteiger charge is 2.18. The van der Waals surface area contributed by atoms with Crippen molar-refractivity contribution in [2.45, 2.75) is 0 Å². The highest BCUT2D eigenvalue weighted by Crippen LogP contribution is 2.33. The maximum atomic E-state index is 9.17. The third kappa shape index (κ3) is 6.98. The minimum atomic E-state index is 0. The molecule has 0 aliphatic carbocycles. The Balaban J connectivity index is 0.00000361. The van der Waals surface area contributed by atoms with Crippen molar-refractivity contribution in [2.75, 3.05) is 25.1 Å². The van der Waals surface area contributed by atoms with Gasteiger partial charge in [0.1, 0.15) is 7.05 Å². The van der Waals surface area contributed by atoms with Crippen LogP contribution < -0.4 is 33.4 Å². The lowest BCUT2D eigenvalue weighted by Crippen LogP contribution is -3.00. The van der Waals surface area contributed by atoms with E-state index >= 15 is 0 Å². The number of halogens is 4. The van der Waals surface area contributed by atoms with Crippen LogP contribution in [0.2, 0.25) is 5.02 Å². The van der Waals surface area contributed by atoms with E-state index in [1.165, 1.54) is 0 Å². The largest absolute Gasteiger partial charge is 1.00 e. The third-order valence-electron chi connectivity index (χ3n) is 5.94. The van der Waals surface area contributed by atoms with Crippen LogP contribution in [-0.2, 0) is 7.05 Å². The minimum Gasteiger partial charge on any atom is -1.00 e. The molecular formula is C29H26Br2ClIN2O. The lowest BCUT2D eigenvalue weighted by Gasteiger charge is -2.17. The molecule has 0 saturated carbocycles. The summed E-state index contributed by atoms with van der Waals surface area (Å²) in [6, 6.07) is 27.0. The molecule has 1 N–H and O–H groups in total. The third-order valence-corrected chi connectivity index (χ3v) is 7.28. The van der Waals surface area contributed by atoms with Crippen LogP contribution >= 0.6 is 43.5 Å². The van der Waals surface area contributed by atoms with Gasteiger partial charge in [0.05, 0.1) is 6.61 Å². The SMILES string of the molecule is CN(CCO)c1ccc(C=Cc2cc(-c3ccc(Br)cc3Cl)cc(-c3ccc(Br)cc3)[n+]2C)cc1.[I-]. The highest BCUT2D eigenvalue weighted by molar-refractivity contribution is 9.10. The van der Waals surface area contributed by atoms with E-state index in [4.69, 9.17) is 11.6 Å². The predicted molar refractivity (Wildman–Crippen MR) is 155 cm³/mol. The van der Waals surface area contributed by atoms with Crippen LogP contribution in [0.4, 0.5) is 5.69 Å². The van der Waals surface area contributed by atoms with E-state index < -0.39 is 0 Å². The Morgan fingerprint density at radius 3 is 2.17 bits per heavy atom. The number of aliphatic hydroxyl groups is 1. The molecule has 3 aromatic carbocycles. The van der Waals surface area contributed by atoms with Gasteiger partial charge in [-0.15, -0.1) is 0 Å². The molecule has 0 bridgehead atoms. The maximum Gasteiger partial charge on any atom is 0.213 e.